The Labute approximate surface area is 99.3 Å². The molecule has 2 atom stereocenters. The van der Waals surface area contributed by atoms with Crippen LogP contribution in [0.2, 0.25) is 0 Å². The lowest BCUT2D eigenvalue weighted by Gasteiger charge is -2.37. The first-order valence-electron chi connectivity index (χ1n) is 7.15. The average molecular weight is 220 g/mol. The number of hydrogen-bond acceptors (Lipinski definition) is 1. The second kappa shape index (κ2) is 4.18. The largest absolute Gasteiger partial charge is 0.378 e. The predicted molar refractivity (Wildman–Crippen MR) is 66.3 cm³/mol. The van der Waals surface area contributed by atoms with E-state index in [-0.39, 0.29) is 0 Å². The van der Waals surface area contributed by atoms with E-state index < -0.39 is 0 Å². The SMILES string of the molecule is CCOC(C)C1CCC1=C(C1CC1)C1CC1. The summed E-state index contributed by atoms with van der Waals surface area (Å²) in [4.78, 5) is 0. The van der Waals surface area contributed by atoms with E-state index in [2.05, 4.69) is 13.8 Å². The van der Waals surface area contributed by atoms with Gasteiger partial charge in [0.05, 0.1) is 6.10 Å². The van der Waals surface area contributed by atoms with E-state index in [0.717, 1.165) is 24.4 Å². The van der Waals surface area contributed by atoms with Gasteiger partial charge in [-0.3, -0.25) is 0 Å². The van der Waals surface area contributed by atoms with Crippen molar-refractivity contribution in [1.82, 2.24) is 0 Å². The lowest BCUT2D eigenvalue weighted by molar-refractivity contribution is 0.0277. The van der Waals surface area contributed by atoms with Gasteiger partial charge in [0, 0.05) is 12.5 Å². The Morgan fingerprint density at radius 1 is 1.19 bits per heavy atom. The zero-order chi connectivity index (χ0) is 11.1. The van der Waals surface area contributed by atoms with Crippen molar-refractivity contribution in [3.8, 4) is 0 Å². The number of allylic oxidation sites excluding steroid dienone is 1. The molecule has 2 unspecified atom stereocenters. The minimum atomic E-state index is 0.459. The fraction of sp³-hybridized carbons (Fsp3) is 0.867. The molecule has 90 valence electrons. The molecule has 0 amide bonds. The molecule has 1 nitrogen and oxygen atoms in total. The van der Waals surface area contributed by atoms with Crippen LogP contribution in [-0.2, 0) is 4.74 Å². The number of ether oxygens (including phenoxy) is 1. The lowest BCUT2D eigenvalue weighted by Crippen LogP contribution is -2.31. The lowest BCUT2D eigenvalue weighted by atomic mass is 9.72. The summed E-state index contributed by atoms with van der Waals surface area (Å²) in [5.41, 5.74) is 3.73. The number of rotatable bonds is 5. The Kier molecular flexibility index (Phi) is 2.83. The highest BCUT2D eigenvalue weighted by molar-refractivity contribution is 5.32. The fourth-order valence-corrected chi connectivity index (χ4v) is 3.36. The molecule has 1 heteroatoms. The maximum absolute atomic E-state index is 5.79. The predicted octanol–water partition coefficient (Wildman–Crippen LogP) is 3.94. The molecule has 3 rings (SSSR count). The van der Waals surface area contributed by atoms with Crippen LogP contribution in [0.25, 0.3) is 0 Å². The van der Waals surface area contributed by atoms with Crippen LogP contribution in [0.1, 0.15) is 52.4 Å². The van der Waals surface area contributed by atoms with Crippen molar-refractivity contribution in [2.75, 3.05) is 6.61 Å². The van der Waals surface area contributed by atoms with Crippen LogP contribution in [0.5, 0.6) is 0 Å². The summed E-state index contributed by atoms with van der Waals surface area (Å²) in [5.74, 6) is 2.77. The van der Waals surface area contributed by atoms with E-state index in [9.17, 15) is 0 Å². The fourth-order valence-electron chi connectivity index (χ4n) is 3.36. The van der Waals surface area contributed by atoms with Gasteiger partial charge in [0.25, 0.3) is 0 Å². The van der Waals surface area contributed by atoms with Crippen molar-refractivity contribution in [3.63, 3.8) is 0 Å². The van der Waals surface area contributed by atoms with E-state index in [1.165, 1.54) is 38.5 Å². The second-order valence-corrected chi connectivity index (χ2v) is 5.83. The molecule has 0 aromatic heterocycles. The van der Waals surface area contributed by atoms with Crippen LogP contribution < -0.4 is 0 Å². The van der Waals surface area contributed by atoms with Crippen molar-refractivity contribution in [2.24, 2.45) is 17.8 Å². The minimum absolute atomic E-state index is 0.459. The van der Waals surface area contributed by atoms with Gasteiger partial charge in [0.1, 0.15) is 0 Å². The Morgan fingerprint density at radius 2 is 1.81 bits per heavy atom. The molecule has 16 heavy (non-hydrogen) atoms. The normalized spacial score (nSPS) is 31.1. The third kappa shape index (κ3) is 1.95. The Bertz CT molecular complexity index is 283. The summed E-state index contributed by atoms with van der Waals surface area (Å²) in [7, 11) is 0. The van der Waals surface area contributed by atoms with E-state index in [4.69, 9.17) is 4.74 Å². The average Bonchev–Trinajstić information content (AvgIpc) is 3.06. The molecule has 0 aliphatic heterocycles. The van der Waals surface area contributed by atoms with Crippen LogP contribution in [0.4, 0.5) is 0 Å². The molecule has 3 aliphatic rings. The summed E-state index contributed by atoms with van der Waals surface area (Å²) in [6, 6.07) is 0. The highest BCUT2D eigenvalue weighted by Gasteiger charge is 2.42. The maximum Gasteiger partial charge on any atom is 0.0612 e. The molecule has 3 aliphatic carbocycles. The van der Waals surface area contributed by atoms with Crippen molar-refractivity contribution in [2.45, 2.75) is 58.5 Å². The van der Waals surface area contributed by atoms with Gasteiger partial charge < -0.3 is 4.74 Å². The Balaban J connectivity index is 1.74. The van der Waals surface area contributed by atoms with Gasteiger partial charge in [-0.25, -0.2) is 0 Å². The van der Waals surface area contributed by atoms with Crippen LogP contribution in [-0.4, -0.2) is 12.7 Å². The van der Waals surface area contributed by atoms with Crippen LogP contribution in [0.3, 0.4) is 0 Å². The quantitative estimate of drug-likeness (QED) is 0.638. The summed E-state index contributed by atoms with van der Waals surface area (Å²) in [6.45, 7) is 5.25. The first kappa shape index (κ1) is 10.8. The highest BCUT2D eigenvalue weighted by atomic mass is 16.5. The summed E-state index contributed by atoms with van der Waals surface area (Å²) < 4.78 is 5.79. The molecule has 3 saturated carbocycles. The smallest absolute Gasteiger partial charge is 0.0612 e. The van der Waals surface area contributed by atoms with Crippen molar-refractivity contribution in [1.29, 1.82) is 0 Å². The van der Waals surface area contributed by atoms with Gasteiger partial charge in [-0.05, 0) is 64.2 Å². The third-order valence-corrected chi connectivity index (χ3v) is 4.57. The monoisotopic (exact) mass is 220 g/mol. The first-order valence-corrected chi connectivity index (χ1v) is 7.15. The van der Waals surface area contributed by atoms with E-state index in [0.29, 0.717) is 6.10 Å². The molecule has 0 N–H and O–H groups in total. The first-order chi connectivity index (χ1) is 7.81. The summed E-state index contributed by atoms with van der Waals surface area (Å²) in [6.07, 6.45) is 9.12. The topological polar surface area (TPSA) is 9.23 Å². The van der Waals surface area contributed by atoms with Gasteiger partial charge in [-0.15, -0.1) is 0 Å². The Hall–Kier alpha value is -0.300. The maximum atomic E-state index is 5.79. The number of hydrogen-bond donors (Lipinski definition) is 0. The third-order valence-electron chi connectivity index (χ3n) is 4.57. The Morgan fingerprint density at radius 3 is 2.19 bits per heavy atom. The molecule has 0 spiro atoms. The molecule has 0 radical (unpaired) electrons. The highest BCUT2D eigenvalue weighted by Crippen LogP contribution is 2.54. The molecule has 3 fully saturated rings. The minimum Gasteiger partial charge on any atom is -0.378 e. The molecular formula is C15H24O. The molecule has 0 aromatic carbocycles. The zero-order valence-electron chi connectivity index (χ0n) is 10.7. The van der Waals surface area contributed by atoms with Gasteiger partial charge >= 0.3 is 0 Å². The van der Waals surface area contributed by atoms with Crippen LogP contribution in [0, 0.1) is 17.8 Å². The van der Waals surface area contributed by atoms with E-state index in [1.807, 2.05) is 11.1 Å². The zero-order valence-corrected chi connectivity index (χ0v) is 10.7. The van der Waals surface area contributed by atoms with Crippen molar-refractivity contribution < 1.29 is 4.74 Å². The van der Waals surface area contributed by atoms with Gasteiger partial charge in [0.15, 0.2) is 0 Å². The van der Waals surface area contributed by atoms with Gasteiger partial charge in [-0.1, -0.05) is 11.1 Å². The van der Waals surface area contributed by atoms with Crippen molar-refractivity contribution in [3.05, 3.63) is 11.1 Å². The van der Waals surface area contributed by atoms with Crippen LogP contribution >= 0.6 is 0 Å². The summed E-state index contributed by atoms with van der Waals surface area (Å²) in [5, 5.41) is 0. The standard InChI is InChI=1S/C15H24O/c1-3-16-10(2)13-8-9-14(13)15(11-4-5-11)12-6-7-12/h10-13H,3-9H2,1-2H3. The van der Waals surface area contributed by atoms with E-state index in [1.54, 1.807) is 0 Å². The van der Waals surface area contributed by atoms with Gasteiger partial charge in [-0.2, -0.15) is 0 Å². The second-order valence-electron chi connectivity index (χ2n) is 5.83. The molecule has 0 aromatic rings. The summed E-state index contributed by atoms with van der Waals surface area (Å²) >= 11 is 0. The van der Waals surface area contributed by atoms with Crippen LogP contribution in [0.15, 0.2) is 11.1 Å². The molecule has 0 saturated heterocycles. The van der Waals surface area contributed by atoms with Crippen molar-refractivity contribution >= 4 is 0 Å². The molecular weight excluding hydrogens is 196 g/mol. The van der Waals surface area contributed by atoms with E-state index >= 15 is 0 Å². The van der Waals surface area contributed by atoms with Gasteiger partial charge in [0.2, 0.25) is 0 Å². The molecule has 0 bridgehead atoms. The molecule has 0 heterocycles.